The first-order valence-electron chi connectivity index (χ1n) is 4.12. The van der Waals surface area contributed by atoms with Gasteiger partial charge in [0.2, 0.25) is 5.16 Å². The Morgan fingerprint density at radius 2 is 2.40 bits per heavy atom. The predicted octanol–water partition coefficient (Wildman–Crippen LogP) is 1.89. The third-order valence-corrected chi connectivity index (χ3v) is 4.23. The van der Waals surface area contributed by atoms with Crippen LogP contribution in [0.2, 0.25) is 0 Å². The standard InChI is InChI=1S/C8H8BrN3OS2/c1-15(13)8-11-10-5-12(8)4-6-2-3-7(9)14-6/h2-3,5H,4H2,1H3/t15-/m0/s1. The molecular weight excluding hydrogens is 298 g/mol. The summed E-state index contributed by atoms with van der Waals surface area (Å²) in [6.07, 6.45) is 3.20. The zero-order valence-corrected chi connectivity index (χ0v) is 11.1. The molecule has 0 saturated carbocycles. The van der Waals surface area contributed by atoms with Crippen LogP contribution in [-0.4, -0.2) is 25.2 Å². The van der Waals surface area contributed by atoms with Crippen molar-refractivity contribution in [2.45, 2.75) is 11.7 Å². The van der Waals surface area contributed by atoms with Crippen molar-refractivity contribution >= 4 is 38.1 Å². The van der Waals surface area contributed by atoms with Crippen molar-refractivity contribution in [3.63, 3.8) is 0 Å². The molecule has 0 aliphatic rings. The van der Waals surface area contributed by atoms with Crippen LogP contribution in [0, 0.1) is 0 Å². The van der Waals surface area contributed by atoms with E-state index in [4.69, 9.17) is 0 Å². The first kappa shape index (κ1) is 11.0. The fraction of sp³-hybridized carbons (Fsp3) is 0.250. The zero-order chi connectivity index (χ0) is 10.8. The number of hydrogen-bond donors (Lipinski definition) is 0. The van der Waals surface area contributed by atoms with Gasteiger partial charge in [0, 0.05) is 11.1 Å². The van der Waals surface area contributed by atoms with Gasteiger partial charge in [-0.3, -0.25) is 4.21 Å². The van der Waals surface area contributed by atoms with Gasteiger partial charge in [-0.2, -0.15) is 0 Å². The second-order valence-corrected chi connectivity index (χ2v) is 6.72. The molecule has 2 aromatic heterocycles. The van der Waals surface area contributed by atoms with Gasteiger partial charge in [0.1, 0.15) is 6.33 Å². The van der Waals surface area contributed by atoms with Crippen molar-refractivity contribution in [3.8, 4) is 0 Å². The molecule has 80 valence electrons. The van der Waals surface area contributed by atoms with Gasteiger partial charge in [0.15, 0.2) is 0 Å². The van der Waals surface area contributed by atoms with E-state index >= 15 is 0 Å². The summed E-state index contributed by atoms with van der Waals surface area (Å²) in [6.45, 7) is 0.665. The monoisotopic (exact) mass is 305 g/mol. The second kappa shape index (κ2) is 4.54. The van der Waals surface area contributed by atoms with Crippen molar-refractivity contribution in [3.05, 3.63) is 27.1 Å². The summed E-state index contributed by atoms with van der Waals surface area (Å²) in [5, 5.41) is 8.10. The quantitative estimate of drug-likeness (QED) is 0.870. The van der Waals surface area contributed by atoms with Gasteiger partial charge in [-0.1, -0.05) is 0 Å². The van der Waals surface area contributed by atoms with E-state index in [0.29, 0.717) is 11.7 Å². The van der Waals surface area contributed by atoms with E-state index < -0.39 is 10.8 Å². The van der Waals surface area contributed by atoms with Crippen molar-refractivity contribution in [2.24, 2.45) is 0 Å². The normalized spacial score (nSPS) is 12.9. The van der Waals surface area contributed by atoms with Crippen molar-refractivity contribution in [2.75, 3.05) is 6.26 Å². The first-order valence-corrected chi connectivity index (χ1v) is 7.29. The molecule has 0 saturated heterocycles. The SMILES string of the molecule is C[S@](=O)c1nncn1Cc1ccc(Br)s1. The molecule has 2 rings (SSSR count). The summed E-state index contributed by atoms with van der Waals surface area (Å²) < 4.78 is 14.2. The molecule has 0 bridgehead atoms. The maximum atomic E-state index is 11.3. The van der Waals surface area contributed by atoms with Crippen LogP contribution >= 0.6 is 27.3 Å². The van der Waals surface area contributed by atoms with Crippen LogP contribution in [0.3, 0.4) is 0 Å². The molecule has 0 radical (unpaired) electrons. The Hall–Kier alpha value is -0.530. The van der Waals surface area contributed by atoms with E-state index in [0.717, 1.165) is 3.79 Å². The minimum absolute atomic E-state index is 0.513. The van der Waals surface area contributed by atoms with Crippen LogP contribution in [0.5, 0.6) is 0 Å². The average Bonchev–Trinajstić information content (AvgIpc) is 2.75. The number of aromatic nitrogens is 3. The minimum atomic E-state index is -1.09. The highest BCUT2D eigenvalue weighted by Crippen LogP contribution is 2.23. The number of thiophene rings is 1. The summed E-state index contributed by atoms with van der Waals surface area (Å²) >= 11 is 5.05. The van der Waals surface area contributed by atoms with E-state index in [9.17, 15) is 4.21 Å². The topological polar surface area (TPSA) is 47.8 Å². The van der Waals surface area contributed by atoms with E-state index in [-0.39, 0.29) is 0 Å². The summed E-state index contributed by atoms with van der Waals surface area (Å²) in [6, 6.07) is 4.02. The zero-order valence-electron chi connectivity index (χ0n) is 7.88. The third kappa shape index (κ3) is 2.53. The van der Waals surface area contributed by atoms with Gasteiger partial charge in [-0.05, 0) is 28.1 Å². The van der Waals surface area contributed by atoms with Crippen LogP contribution in [0.4, 0.5) is 0 Å². The van der Waals surface area contributed by atoms with Gasteiger partial charge in [0.05, 0.1) is 21.1 Å². The Balaban J connectivity index is 2.24. The fourth-order valence-corrected chi connectivity index (χ4v) is 3.27. The lowest BCUT2D eigenvalue weighted by Crippen LogP contribution is -2.04. The Kier molecular flexibility index (Phi) is 3.32. The van der Waals surface area contributed by atoms with Crippen LogP contribution in [0.25, 0.3) is 0 Å². The highest BCUT2D eigenvalue weighted by atomic mass is 79.9. The summed E-state index contributed by atoms with van der Waals surface area (Å²) in [5.74, 6) is 0. The number of nitrogens with zero attached hydrogens (tertiary/aromatic N) is 3. The van der Waals surface area contributed by atoms with E-state index in [1.807, 2.05) is 12.1 Å². The van der Waals surface area contributed by atoms with Crippen LogP contribution < -0.4 is 0 Å². The Morgan fingerprint density at radius 3 is 3.00 bits per heavy atom. The molecule has 0 unspecified atom stereocenters. The highest BCUT2D eigenvalue weighted by molar-refractivity contribution is 9.11. The summed E-state index contributed by atoms with van der Waals surface area (Å²) in [5.41, 5.74) is 0. The molecule has 0 aliphatic carbocycles. The molecule has 2 aromatic rings. The average molecular weight is 306 g/mol. The van der Waals surface area contributed by atoms with Crippen LogP contribution in [-0.2, 0) is 17.3 Å². The molecule has 1 atom stereocenters. The molecule has 4 nitrogen and oxygen atoms in total. The number of rotatable bonds is 3. The third-order valence-electron chi connectivity index (χ3n) is 1.79. The van der Waals surface area contributed by atoms with Gasteiger partial charge in [-0.15, -0.1) is 21.5 Å². The highest BCUT2D eigenvalue weighted by Gasteiger charge is 2.08. The molecule has 0 aromatic carbocycles. The smallest absolute Gasteiger partial charge is 0.221 e. The first-order chi connectivity index (χ1) is 7.16. The molecule has 0 spiro atoms. The fourth-order valence-electron chi connectivity index (χ4n) is 1.18. The molecule has 0 aliphatic heterocycles. The second-order valence-electron chi connectivity index (χ2n) is 2.90. The largest absolute Gasteiger partial charge is 0.301 e. The van der Waals surface area contributed by atoms with Gasteiger partial charge in [-0.25, -0.2) is 0 Å². The van der Waals surface area contributed by atoms with Crippen molar-refractivity contribution in [1.82, 2.24) is 14.8 Å². The Morgan fingerprint density at radius 1 is 1.60 bits per heavy atom. The van der Waals surface area contributed by atoms with E-state index in [2.05, 4.69) is 26.1 Å². The maximum Gasteiger partial charge on any atom is 0.221 e. The molecule has 7 heteroatoms. The minimum Gasteiger partial charge on any atom is -0.301 e. The maximum absolute atomic E-state index is 11.3. The molecule has 15 heavy (non-hydrogen) atoms. The Bertz CT molecular complexity index is 494. The molecule has 2 heterocycles. The van der Waals surface area contributed by atoms with Crippen molar-refractivity contribution < 1.29 is 4.21 Å². The molecule has 0 N–H and O–H groups in total. The lowest BCUT2D eigenvalue weighted by atomic mass is 10.5. The van der Waals surface area contributed by atoms with E-state index in [1.54, 1.807) is 28.5 Å². The number of hydrogen-bond acceptors (Lipinski definition) is 4. The van der Waals surface area contributed by atoms with Gasteiger partial charge < -0.3 is 4.57 Å². The predicted molar refractivity (Wildman–Crippen MR) is 63.5 cm³/mol. The van der Waals surface area contributed by atoms with E-state index in [1.165, 1.54) is 4.88 Å². The molecule has 0 amide bonds. The van der Waals surface area contributed by atoms with Gasteiger partial charge >= 0.3 is 0 Å². The lowest BCUT2D eigenvalue weighted by molar-refractivity contribution is 0.655. The van der Waals surface area contributed by atoms with Crippen LogP contribution in [0.1, 0.15) is 4.88 Å². The number of halogens is 1. The molecule has 0 fully saturated rings. The summed E-state index contributed by atoms with van der Waals surface area (Å²) in [7, 11) is -1.09. The van der Waals surface area contributed by atoms with Gasteiger partial charge in [0.25, 0.3) is 0 Å². The van der Waals surface area contributed by atoms with Crippen LogP contribution in [0.15, 0.2) is 27.4 Å². The molecular formula is C8H8BrN3OS2. The lowest BCUT2D eigenvalue weighted by Gasteiger charge is -2.01. The Labute approximate surface area is 102 Å². The summed E-state index contributed by atoms with van der Waals surface area (Å²) in [4.78, 5) is 1.17. The van der Waals surface area contributed by atoms with Crippen molar-refractivity contribution in [1.29, 1.82) is 0 Å².